The quantitative estimate of drug-likeness (QED) is 0.321. The molecule has 1 aromatic heterocycles. The molecule has 0 atom stereocenters. The second-order valence-electron chi connectivity index (χ2n) is 6.73. The van der Waals surface area contributed by atoms with Crippen LogP contribution in [0, 0.1) is 6.92 Å². The van der Waals surface area contributed by atoms with Gasteiger partial charge in [0.15, 0.2) is 5.16 Å². The van der Waals surface area contributed by atoms with Crippen LogP contribution in [0.4, 0.5) is 0 Å². The highest BCUT2D eigenvalue weighted by atomic mass is 32.2. The molecule has 3 aromatic carbocycles. The minimum Gasteiger partial charge on any atom is -0.492 e. The summed E-state index contributed by atoms with van der Waals surface area (Å²) in [5.74, 6) is 1.40. The molecule has 0 amide bonds. The van der Waals surface area contributed by atoms with Crippen LogP contribution in [0.25, 0.3) is 16.6 Å². The predicted octanol–water partition coefficient (Wildman–Crippen LogP) is 5.39. The third kappa shape index (κ3) is 4.05. The second kappa shape index (κ2) is 8.53. The summed E-state index contributed by atoms with van der Waals surface area (Å²) < 4.78 is 7.47. The molecule has 4 aromatic rings. The highest BCUT2D eigenvalue weighted by Crippen LogP contribution is 2.29. The normalized spacial score (nSPS) is 11.0. The molecule has 0 N–H and O–H groups in total. The highest BCUT2D eigenvalue weighted by Gasteiger charge is 2.16. The Morgan fingerprint density at radius 1 is 0.966 bits per heavy atom. The molecule has 0 aliphatic carbocycles. The van der Waals surface area contributed by atoms with E-state index in [1.165, 1.54) is 11.1 Å². The molecule has 0 unspecified atom stereocenters. The average molecular weight is 403 g/mol. The standard InChI is InChI=1S/C24H22N2O2S/c1-3-28-22-11-7-6-10-21(22)26-23(27)19-8-4-5-9-20(19)25-24(26)29-16-18-14-12-17(2)13-15-18/h4-15H,3,16H2,1-2H3. The van der Waals surface area contributed by atoms with Crippen molar-refractivity contribution in [1.29, 1.82) is 0 Å². The van der Waals surface area contributed by atoms with Gasteiger partial charge in [0.2, 0.25) is 0 Å². The van der Waals surface area contributed by atoms with E-state index in [2.05, 4.69) is 31.2 Å². The van der Waals surface area contributed by atoms with Gasteiger partial charge in [-0.1, -0.05) is 65.9 Å². The Balaban J connectivity index is 1.85. The molecule has 0 saturated heterocycles. The van der Waals surface area contributed by atoms with Crippen molar-refractivity contribution in [3.05, 3.63) is 94.3 Å². The smallest absolute Gasteiger partial charge is 0.266 e. The number of hydrogen-bond donors (Lipinski definition) is 0. The molecule has 0 saturated carbocycles. The van der Waals surface area contributed by atoms with Gasteiger partial charge in [0, 0.05) is 5.75 Å². The lowest BCUT2D eigenvalue weighted by atomic mass is 10.2. The Bertz CT molecular complexity index is 1200. The van der Waals surface area contributed by atoms with Gasteiger partial charge in [-0.15, -0.1) is 0 Å². The van der Waals surface area contributed by atoms with Crippen molar-refractivity contribution in [2.24, 2.45) is 0 Å². The minimum absolute atomic E-state index is 0.0887. The molecular formula is C24H22N2O2S. The first-order chi connectivity index (χ1) is 14.2. The van der Waals surface area contributed by atoms with E-state index in [-0.39, 0.29) is 5.56 Å². The molecule has 29 heavy (non-hydrogen) atoms. The van der Waals surface area contributed by atoms with Crippen molar-refractivity contribution in [3.8, 4) is 11.4 Å². The van der Waals surface area contributed by atoms with Crippen molar-refractivity contribution < 1.29 is 4.74 Å². The highest BCUT2D eigenvalue weighted by molar-refractivity contribution is 7.98. The Labute approximate surface area is 174 Å². The summed E-state index contributed by atoms with van der Waals surface area (Å²) >= 11 is 1.55. The van der Waals surface area contributed by atoms with E-state index in [0.717, 1.165) is 5.75 Å². The summed E-state index contributed by atoms with van der Waals surface area (Å²) in [6, 6.07) is 23.5. The lowest BCUT2D eigenvalue weighted by molar-refractivity contribution is 0.338. The van der Waals surface area contributed by atoms with Gasteiger partial charge >= 0.3 is 0 Å². The number of para-hydroxylation sites is 3. The number of nitrogens with zero attached hydrogens (tertiary/aromatic N) is 2. The van der Waals surface area contributed by atoms with Crippen LogP contribution < -0.4 is 10.3 Å². The lowest BCUT2D eigenvalue weighted by Gasteiger charge is -2.16. The molecular weight excluding hydrogens is 380 g/mol. The molecule has 4 nitrogen and oxygen atoms in total. The first-order valence-electron chi connectivity index (χ1n) is 9.59. The zero-order chi connectivity index (χ0) is 20.2. The summed E-state index contributed by atoms with van der Waals surface area (Å²) in [5.41, 5.74) is 3.74. The van der Waals surface area contributed by atoms with Crippen LogP contribution in [0.5, 0.6) is 5.75 Å². The van der Waals surface area contributed by atoms with E-state index in [4.69, 9.17) is 9.72 Å². The van der Waals surface area contributed by atoms with Gasteiger partial charge in [-0.2, -0.15) is 0 Å². The number of benzene rings is 3. The maximum atomic E-state index is 13.4. The molecule has 4 rings (SSSR count). The average Bonchev–Trinajstić information content (AvgIpc) is 2.74. The van der Waals surface area contributed by atoms with Gasteiger partial charge < -0.3 is 4.74 Å². The first kappa shape index (κ1) is 19.3. The van der Waals surface area contributed by atoms with Crippen molar-refractivity contribution >= 4 is 22.7 Å². The lowest BCUT2D eigenvalue weighted by Crippen LogP contribution is -2.22. The maximum Gasteiger partial charge on any atom is 0.266 e. The Morgan fingerprint density at radius 2 is 1.69 bits per heavy atom. The predicted molar refractivity (Wildman–Crippen MR) is 119 cm³/mol. The SMILES string of the molecule is CCOc1ccccc1-n1c(SCc2ccc(C)cc2)nc2ccccc2c1=O. The summed E-state index contributed by atoms with van der Waals surface area (Å²) in [5, 5.41) is 1.25. The van der Waals surface area contributed by atoms with Crippen molar-refractivity contribution in [3.63, 3.8) is 0 Å². The van der Waals surface area contributed by atoms with Crippen molar-refractivity contribution in [2.75, 3.05) is 6.61 Å². The van der Waals surface area contributed by atoms with Crippen molar-refractivity contribution in [2.45, 2.75) is 24.8 Å². The Hall–Kier alpha value is -3.05. The van der Waals surface area contributed by atoms with Gasteiger partial charge in [0.05, 0.1) is 23.2 Å². The fraction of sp³-hybridized carbons (Fsp3) is 0.167. The number of hydrogen-bond acceptors (Lipinski definition) is 4. The van der Waals surface area contributed by atoms with E-state index in [1.54, 1.807) is 16.3 Å². The zero-order valence-corrected chi connectivity index (χ0v) is 17.3. The van der Waals surface area contributed by atoms with E-state index in [9.17, 15) is 4.79 Å². The monoisotopic (exact) mass is 402 g/mol. The van der Waals surface area contributed by atoms with E-state index >= 15 is 0 Å². The molecule has 5 heteroatoms. The minimum atomic E-state index is -0.0887. The number of thioether (sulfide) groups is 1. The summed E-state index contributed by atoms with van der Waals surface area (Å²) in [6.07, 6.45) is 0. The largest absolute Gasteiger partial charge is 0.492 e. The van der Waals surface area contributed by atoms with Gasteiger partial charge in [-0.25, -0.2) is 4.98 Å². The van der Waals surface area contributed by atoms with Crippen LogP contribution in [0.1, 0.15) is 18.1 Å². The number of aromatic nitrogens is 2. The zero-order valence-electron chi connectivity index (χ0n) is 16.5. The molecule has 0 aliphatic heterocycles. The van der Waals surface area contributed by atoms with E-state index in [0.29, 0.717) is 34.1 Å². The number of aryl methyl sites for hydroxylation is 1. The molecule has 0 fully saturated rings. The van der Waals surface area contributed by atoms with Gasteiger partial charge in [-0.3, -0.25) is 9.36 Å². The Morgan fingerprint density at radius 3 is 2.48 bits per heavy atom. The fourth-order valence-corrected chi connectivity index (χ4v) is 4.13. The Kier molecular flexibility index (Phi) is 5.67. The van der Waals surface area contributed by atoms with Crippen LogP contribution in [0.3, 0.4) is 0 Å². The molecule has 1 heterocycles. The number of fused-ring (bicyclic) bond motifs is 1. The number of rotatable bonds is 6. The molecule has 0 radical (unpaired) electrons. The third-order valence-corrected chi connectivity index (χ3v) is 5.65. The van der Waals surface area contributed by atoms with Crippen LogP contribution in [0.15, 0.2) is 82.7 Å². The third-order valence-electron chi connectivity index (χ3n) is 4.64. The summed E-state index contributed by atoms with van der Waals surface area (Å²) in [6.45, 7) is 4.54. The molecule has 146 valence electrons. The van der Waals surface area contributed by atoms with Gasteiger partial charge in [0.25, 0.3) is 5.56 Å². The molecule has 0 spiro atoms. The summed E-state index contributed by atoms with van der Waals surface area (Å²) in [4.78, 5) is 18.2. The van der Waals surface area contributed by atoms with Gasteiger partial charge in [0.1, 0.15) is 5.75 Å². The maximum absolute atomic E-state index is 13.4. The van der Waals surface area contributed by atoms with E-state index < -0.39 is 0 Å². The molecule has 0 aliphatic rings. The first-order valence-corrected chi connectivity index (χ1v) is 10.6. The second-order valence-corrected chi connectivity index (χ2v) is 7.67. The number of ether oxygens (including phenoxy) is 1. The fourth-order valence-electron chi connectivity index (χ4n) is 3.17. The molecule has 0 bridgehead atoms. The topological polar surface area (TPSA) is 44.1 Å². The van der Waals surface area contributed by atoms with Crippen LogP contribution in [-0.2, 0) is 5.75 Å². The van der Waals surface area contributed by atoms with Crippen LogP contribution >= 0.6 is 11.8 Å². The van der Waals surface area contributed by atoms with Crippen LogP contribution in [0.2, 0.25) is 0 Å². The summed E-state index contributed by atoms with van der Waals surface area (Å²) in [7, 11) is 0. The van der Waals surface area contributed by atoms with E-state index in [1.807, 2.05) is 55.5 Å². The van der Waals surface area contributed by atoms with Gasteiger partial charge in [-0.05, 0) is 43.7 Å². The van der Waals surface area contributed by atoms with Crippen LogP contribution in [-0.4, -0.2) is 16.2 Å². The van der Waals surface area contributed by atoms with Crippen molar-refractivity contribution in [1.82, 2.24) is 9.55 Å².